The predicted octanol–water partition coefficient (Wildman–Crippen LogP) is 1.99. The summed E-state index contributed by atoms with van der Waals surface area (Å²) in [7, 11) is 0. The molecule has 0 saturated heterocycles. The molecule has 18 heavy (non-hydrogen) atoms. The quantitative estimate of drug-likeness (QED) is 0.802. The Kier molecular flexibility index (Phi) is 4.53. The lowest BCUT2D eigenvalue weighted by Gasteiger charge is -2.21. The highest BCUT2D eigenvalue weighted by atomic mass is 15.2. The topological polar surface area (TPSA) is 55.0 Å². The molecule has 1 unspecified atom stereocenters. The third kappa shape index (κ3) is 3.95. The van der Waals surface area contributed by atoms with E-state index in [-0.39, 0.29) is 6.04 Å². The summed E-state index contributed by atoms with van der Waals surface area (Å²) in [5.74, 6) is 1.74. The van der Waals surface area contributed by atoms with Gasteiger partial charge >= 0.3 is 0 Å². The highest BCUT2D eigenvalue weighted by Crippen LogP contribution is 2.30. The normalized spacial score (nSPS) is 16.6. The van der Waals surface area contributed by atoms with Crippen molar-refractivity contribution < 1.29 is 0 Å². The van der Waals surface area contributed by atoms with E-state index in [0.29, 0.717) is 0 Å². The van der Waals surface area contributed by atoms with Gasteiger partial charge in [0, 0.05) is 31.5 Å². The largest absolute Gasteiger partial charge is 0.341 e. The molecule has 1 saturated carbocycles. The summed E-state index contributed by atoms with van der Waals surface area (Å²) in [6.07, 6.45) is 8.54. The lowest BCUT2D eigenvalue weighted by molar-refractivity contribution is 0.683. The Labute approximate surface area is 110 Å². The van der Waals surface area contributed by atoms with E-state index in [1.165, 1.54) is 12.8 Å². The van der Waals surface area contributed by atoms with Crippen molar-refractivity contribution in [3.63, 3.8) is 0 Å². The second kappa shape index (κ2) is 6.14. The van der Waals surface area contributed by atoms with E-state index in [1.54, 1.807) is 0 Å². The maximum Gasteiger partial charge on any atom is 0.225 e. The minimum absolute atomic E-state index is 0.164. The van der Waals surface area contributed by atoms with Crippen LogP contribution in [0, 0.1) is 5.92 Å². The van der Waals surface area contributed by atoms with Crippen LogP contribution in [0.4, 0.5) is 5.95 Å². The molecule has 100 valence electrons. The summed E-state index contributed by atoms with van der Waals surface area (Å²) in [5.41, 5.74) is 6.90. The molecule has 4 heteroatoms. The number of rotatable bonds is 7. The van der Waals surface area contributed by atoms with Gasteiger partial charge in [0.25, 0.3) is 0 Å². The van der Waals surface area contributed by atoms with E-state index in [9.17, 15) is 0 Å². The highest BCUT2D eigenvalue weighted by Gasteiger charge is 2.25. The van der Waals surface area contributed by atoms with Gasteiger partial charge in [-0.3, -0.25) is 0 Å². The summed E-state index contributed by atoms with van der Waals surface area (Å²) in [6, 6.07) is 0.164. The Morgan fingerprint density at radius 3 is 2.56 bits per heavy atom. The van der Waals surface area contributed by atoms with Crippen molar-refractivity contribution in [2.24, 2.45) is 11.7 Å². The molecule has 0 bridgehead atoms. The first-order valence-corrected chi connectivity index (χ1v) is 7.00. The maximum absolute atomic E-state index is 5.78. The Morgan fingerprint density at radius 2 is 2.06 bits per heavy atom. The predicted molar refractivity (Wildman–Crippen MR) is 74.6 cm³/mol. The zero-order valence-corrected chi connectivity index (χ0v) is 11.5. The van der Waals surface area contributed by atoms with Crippen LogP contribution in [0.1, 0.15) is 38.7 Å². The number of nitrogens with zero attached hydrogens (tertiary/aromatic N) is 3. The molecule has 0 radical (unpaired) electrons. The minimum Gasteiger partial charge on any atom is -0.341 e. The van der Waals surface area contributed by atoms with Gasteiger partial charge in [-0.05, 0) is 44.1 Å². The van der Waals surface area contributed by atoms with Crippen LogP contribution in [0.2, 0.25) is 0 Å². The zero-order chi connectivity index (χ0) is 13.0. The van der Waals surface area contributed by atoms with Crippen LogP contribution in [0.5, 0.6) is 0 Å². The molecule has 0 aliphatic heterocycles. The number of aromatic nitrogens is 2. The van der Waals surface area contributed by atoms with Crippen LogP contribution in [0.25, 0.3) is 0 Å². The van der Waals surface area contributed by atoms with Gasteiger partial charge in [-0.15, -0.1) is 0 Å². The second-order valence-corrected chi connectivity index (χ2v) is 5.46. The van der Waals surface area contributed by atoms with Crippen LogP contribution in [0.15, 0.2) is 12.4 Å². The number of anilines is 1. The van der Waals surface area contributed by atoms with Gasteiger partial charge < -0.3 is 10.6 Å². The fraction of sp³-hybridized carbons (Fsp3) is 0.714. The average molecular weight is 248 g/mol. The molecule has 4 nitrogen and oxygen atoms in total. The monoisotopic (exact) mass is 248 g/mol. The van der Waals surface area contributed by atoms with Crippen LogP contribution < -0.4 is 10.6 Å². The van der Waals surface area contributed by atoms with E-state index >= 15 is 0 Å². The maximum atomic E-state index is 5.78. The fourth-order valence-electron chi connectivity index (χ4n) is 2.14. The van der Waals surface area contributed by atoms with Crippen molar-refractivity contribution in [2.75, 3.05) is 18.0 Å². The van der Waals surface area contributed by atoms with Crippen molar-refractivity contribution in [1.29, 1.82) is 0 Å². The Balaban J connectivity index is 2.00. The highest BCUT2D eigenvalue weighted by molar-refractivity contribution is 5.30. The van der Waals surface area contributed by atoms with Crippen LogP contribution in [-0.2, 0) is 6.42 Å². The average Bonchev–Trinajstić information content (AvgIpc) is 3.13. The van der Waals surface area contributed by atoms with Crippen LogP contribution in [-0.4, -0.2) is 29.1 Å². The summed E-state index contributed by atoms with van der Waals surface area (Å²) in [4.78, 5) is 11.3. The lowest BCUT2D eigenvalue weighted by atomic mass is 10.1. The summed E-state index contributed by atoms with van der Waals surface area (Å²) >= 11 is 0. The molecule has 1 aliphatic rings. The molecule has 1 aliphatic carbocycles. The van der Waals surface area contributed by atoms with E-state index < -0.39 is 0 Å². The second-order valence-electron chi connectivity index (χ2n) is 5.46. The van der Waals surface area contributed by atoms with Gasteiger partial charge in [-0.2, -0.15) is 0 Å². The molecular formula is C14H24N4. The molecule has 1 atom stereocenters. The SMILES string of the molecule is CCCN(CC1CC1)c1ncc(CC(C)N)cn1. The molecule has 1 heterocycles. The molecular weight excluding hydrogens is 224 g/mol. The Hall–Kier alpha value is -1.16. The smallest absolute Gasteiger partial charge is 0.225 e. The Morgan fingerprint density at radius 1 is 1.39 bits per heavy atom. The number of hydrogen-bond acceptors (Lipinski definition) is 4. The van der Waals surface area contributed by atoms with E-state index in [2.05, 4.69) is 21.8 Å². The molecule has 2 rings (SSSR count). The van der Waals surface area contributed by atoms with Crippen molar-refractivity contribution in [1.82, 2.24) is 9.97 Å². The molecule has 2 N–H and O–H groups in total. The standard InChI is InChI=1S/C14H24N4/c1-3-6-18(10-12-4-5-12)14-16-8-13(9-17-14)7-11(2)15/h8-9,11-12H,3-7,10,15H2,1-2H3. The van der Waals surface area contributed by atoms with Gasteiger partial charge in [0.2, 0.25) is 5.95 Å². The van der Waals surface area contributed by atoms with Crippen molar-refractivity contribution >= 4 is 5.95 Å². The van der Waals surface area contributed by atoms with Gasteiger partial charge in [-0.25, -0.2) is 9.97 Å². The van der Waals surface area contributed by atoms with Gasteiger partial charge in [-0.1, -0.05) is 6.92 Å². The van der Waals surface area contributed by atoms with Gasteiger partial charge in [0.15, 0.2) is 0 Å². The first-order valence-electron chi connectivity index (χ1n) is 7.00. The van der Waals surface area contributed by atoms with E-state index in [4.69, 9.17) is 5.73 Å². The molecule has 0 amide bonds. The third-order valence-corrected chi connectivity index (χ3v) is 3.20. The molecule has 1 aromatic heterocycles. The van der Waals surface area contributed by atoms with Crippen LogP contribution >= 0.6 is 0 Å². The third-order valence-electron chi connectivity index (χ3n) is 3.20. The van der Waals surface area contributed by atoms with Crippen molar-refractivity contribution in [3.8, 4) is 0 Å². The summed E-state index contributed by atoms with van der Waals surface area (Å²) in [5, 5.41) is 0. The van der Waals surface area contributed by atoms with Gasteiger partial charge in [0.05, 0.1) is 0 Å². The van der Waals surface area contributed by atoms with E-state index in [0.717, 1.165) is 43.4 Å². The molecule has 0 spiro atoms. The van der Waals surface area contributed by atoms with Crippen molar-refractivity contribution in [3.05, 3.63) is 18.0 Å². The lowest BCUT2D eigenvalue weighted by Crippen LogP contribution is -2.28. The first kappa shape index (κ1) is 13.3. The zero-order valence-electron chi connectivity index (χ0n) is 11.5. The van der Waals surface area contributed by atoms with Gasteiger partial charge in [0.1, 0.15) is 0 Å². The van der Waals surface area contributed by atoms with Crippen LogP contribution in [0.3, 0.4) is 0 Å². The number of nitrogens with two attached hydrogens (primary N) is 1. The number of hydrogen-bond donors (Lipinski definition) is 1. The first-order chi connectivity index (χ1) is 8.69. The Bertz CT molecular complexity index is 357. The summed E-state index contributed by atoms with van der Waals surface area (Å²) < 4.78 is 0. The molecule has 1 fully saturated rings. The minimum atomic E-state index is 0.164. The van der Waals surface area contributed by atoms with E-state index in [1.807, 2.05) is 19.3 Å². The molecule has 1 aromatic rings. The fourth-order valence-corrected chi connectivity index (χ4v) is 2.14. The van der Waals surface area contributed by atoms with Crippen molar-refractivity contribution in [2.45, 2.75) is 45.6 Å². The molecule has 0 aromatic carbocycles. The summed E-state index contributed by atoms with van der Waals surface area (Å²) in [6.45, 7) is 6.36.